The number of carbonyl (C=O) groups is 2. The Labute approximate surface area is 140 Å². The number of amides is 1. The van der Waals surface area contributed by atoms with E-state index >= 15 is 0 Å². The molecule has 126 valence electrons. The highest BCUT2D eigenvalue weighted by molar-refractivity contribution is 7.91. The summed E-state index contributed by atoms with van der Waals surface area (Å²) in [5.74, 6) is -1.07. The quantitative estimate of drug-likeness (QED) is 0.774. The third-order valence-electron chi connectivity index (χ3n) is 3.58. The van der Waals surface area contributed by atoms with Gasteiger partial charge in [-0.3, -0.25) is 9.59 Å². The Bertz CT molecular complexity index is 689. The summed E-state index contributed by atoms with van der Waals surface area (Å²) in [6, 6.07) is 7.11. The zero-order chi connectivity index (χ0) is 16.9. The van der Waals surface area contributed by atoms with Crippen LogP contribution in [0.4, 0.5) is 0 Å². The molecule has 1 aliphatic heterocycles. The second-order valence-corrected chi connectivity index (χ2v) is 8.14. The Morgan fingerprint density at radius 2 is 2.04 bits per heavy atom. The summed E-state index contributed by atoms with van der Waals surface area (Å²) >= 11 is 5.97. The predicted octanol–water partition coefficient (Wildman–Crippen LogP) is 1.32. The van der Waals surface area contributed by atoms with Gasteiger partial charge in [0.2, 0.25) is 0 Å². The highest BCUT2D eigenvalue weighted by atomic mass is 35.5. The lowest BCUT2D eigenvalue weighted by Crippen LogP contribution is -2.28. The fraction of sp³-hybridized carbons (Fsp3) is 0.467. The third-order valence-corrected chi connectivity index (χ3v) is 5.79. The van der Waals surface area contributed by atoms with E-state index in [2.05, 4.69) is 5.32 Å². The molecule has 0 aliphatic carbocycles. The zero-order valence-corrected chi connectivity index (χ0v) is 14.0. The van der Waals surface area contributed by atoms with Crippen LogP contribution in [0, 0.1) is 5.92 Å². The second kappa shape index (κ2) is 7.79. The van der Waals surface area contributed by atoms with Crippen LogP contribution in [0.1, 0.15) is 18.4 Å². The van der Waals surface area contributed by atoms with Crippen LogP contribution in [-0.2, 0) is 30.7 Å². The van der Waals surface area contributed by atoms with Gasteiger partial charge < -0.3 is 10.1 Å². The summed E-state index contributed by atoms with van der Waals surface area (Å²) in [5, 5.41) is 3.15. The average molecular weight is 360 g/mol. The minimum atomic E-state index is -3.02. The Kier molecular flexibility index (Phi) is 6.01. The predicted molar refractivity (Wildman–Crippen MR) is 85.6 cm³/mol. The number of hydrogen-bond donors (Lipinski definition) is 1. The van der Waals surface area contributed by atoms with Gasteiger partial charge in [0.15, 0.2) is 16.4 Å². The monoisotopic (exact) mass is 359 g/mol. The van der Waals surface area contributed by atoms with Gasteiger partial charge in [0.25, 0.3) is 5.91 Å². The normalized spacial score (nSPS) is 19.3. The van der Waals surface area contributed by atoms with Crippen molar-refractivity contribution in [1.29, 1.82) is 0 Å². The van der Waals surface area contributed by atoms with Gasteiger partial charge in [0, 0.05) is 18.0 Å². The minimum absolute atomic E-state index is 0.0147. The van der Waals surface area contributed by atoms with Crippen molar-refractivity contribution in [3.8, 4) is 0 Å². The summed E-state index contributed by atoms with van der Waals surface area (Å²) in [5.41, 5.74) is 0.769. The van der Waals surface area contributed by atoms with E-state index in [1.165, 1.54) is 0 Å². The maximum Gasteiger partial charge on any atom is 0.306 e. The lowest BCUT2D eigenvalue weighted by Gasteiger charge is -2.09. The molecule has 0 saturated carbocycles. The molecule has 1 heterocycles. The molecule has 6 nitrogen and oxygen atoms in total. The van der Waals surface area contributed by atoms with Gasteiger partial charge in [-0.2, -0.15) is 0 Å². The highest BCUT2D eigenvalue weighted by Crippen LogP contribution is 2.21. The molecule has 0 spiro atoms. The average Bonchev–Trinajstić information content (AvgIpc) is 2.83. The minimum Gasteiger partial charge on any atom is -0.456 e. The molecule has 1 saturated heterocycles. The number of carbonyl (C=O) groups excluding carboxylic acids is 2. The van der Waals surface area contributed by atoms with E-state index < -0.39 is 21.7 Å². The van der Waals surface area contributed by atoms with E-state index in [9.17, 15) is 18.0 Å². The van der Waals surface area contributed by atoms with Crippen molar-refractivity contribution in [2.45, 2.75) is 19.4 Å². The molecule has 1 fully saturated rings. The van der Waals surface area contributed by atoms with Crippen molar-refractivity contribution < 1.29 is 22.7 Å². The summed E-state index contributed by atoms with van der Waals surface area (Å²) in [6.07, 6.45) is 0.493. The van der Waals surface area contributed by atoms with Crippen molar-refractivity contribution in [3.05, 3.63) is 34.9 Å². The second-order valence-electron chi connectivity index (χ2n) is 5.50. The summed E-state index contributed by atoms with van der Waals surface area (Å²) in [6.45, 7) is -0.139. The number of esters is 1. The molecule has 1 amide bonds. The van der Waals surface area contributed by atoms with Crippen LogP contribution in [-0.4, -0.2) is 38.4 Å². The van der Waals surface area contributed by atoms with Crippen LogP contribution in [0.5, 0.6) is 0 Å². The van der Waals surface area contributed by atoms with Gasteiger partial charge in [-0.1, -0.05) is 29.8 Å². The van der Waals surface area contributed by atoms with E-state index in [0.717, 1.165) is 5.56 Å². The molecule has 8 heteroatoms. The molecule has 1 aromatic rings. The van der Waals surface area contributed by atoms with E-state index in [1.807, 2.05) is 6.07 Å². The Hall–Kier alpha value is -1.60. The van der Waals surface area contributed by atoms with Crippen LogP contribution >= 0.6 is 11.6 Å². The number of sulfone groups is 1. The Morgan fingerprint density at radius 3 is 2.70 bits per heavy atom. The molecule has 1 N–H and O–H groups in total. The molecular formula is C15H18ClNO5S. The molecule has 1 atom stereocenters. The number of nitrogens with one attached hydrogen (secondary N) is 1. The largest absolute Gasteiger partial charge is 0.456 e. The number of halogens is 1. The van der Waals surface area contributed by atoms with Gasteiger partial charge in [0.05, 0.1) is 11.5 Å². The van der Waals surface area contributed by atoms with Crippen molar-refractivity contribution in [3.63, 3.8) is 0 Å². The van der Waals surface area contributed by atoms with Crippen molar-refractivity contribution >= 4 is 33.3 Å². The lowest BCUT2D eigenvalue weighted by molar-refractivity contribution is -0.149. The summed E-state index contributed by atoms with van der Waals surface area (Å²) in [4.78, 5) is 23.3. The summed E-state index contributed by atoms with van der Waals surface area (Å²) in [7, 11) is -3.02. The van der Waals surface area contributed by atoms with Crippen LogP contribution in [0.2, 0.25) is 5.02 Å². The third kappa shape index (κ3) is 5.84. The van der Waals surface area contributed by atoms with Crippen LogP contribution in [0.3, 0.4) is 0 Å². The van der Waals surface area contributed by atoms with Crippen LogP contribution < -0.4 is 5.32 Å². The highest BCUT2D eigenvalue weighted by Gasteiger charge is 2.29. The first-order valence-corrected chi connectivity index (χ1v) is 9.42. The first-order valence-electron chi connectivity index (χ1n) is 7.22. The van der Waals surface area contributed by atoms with E-state index in [0.29, 0.717) is 11.4 Å². The topological polar surface area (TPSA) is 89.5 Å². The van der Waals surface area contributed by atoms with Crippen molar-refractivity contribution in [1.82, 2.24) is 5.32 Å². The molecule has 23 heavy (non-hydrogen) atoms. The number of benzene rings is 1. The molecule has 0 aromatic heterocycles. The maximum absolute atomic E-state index is 11.6. The molecule has 0 unspecified atom stereocenters. The van der Waals surface area contributed by atoms with E-state index in [4.69, 9.17) is 16.3 Å². The molecule has 0 bridgehead atoms. The number of rotatable bonds is 6. The number of hydrogen-bond acceptors (Lipinski definition) is 5. The maximum atomic E-state index is 11.6. The van der Waals surface area contributed by atoms with Crippen LogP contribution in [0.25, 0.3) is 0 Å². The standard InChI is InChI=1S/C15H18ClNO5S/c16-13-4-2-1-3-12(13)8-17-14(18)9-22-15(19)7-11-5-6-23(20,21)10-11/h1-4,11H,5-10H2,(H,17,18)/t11-/m0/s1. The van der Waals surface area contributed by atoms with Crippen molar-refractivity contribution in [2.75, 3.05) is 18.1 Å². The molecule has 1 aliphatic rings. The molecule has 2 rings (SSSR count). The molecule has 1 aromatic carbocycles. The summed E-state index contributed by atoms with van der Waals surface area (Å²) < 4.78 is 27.5. The van der Waals surface area contributed by atoms with Gasteiger partial charge in [0.1, 0.15) is 0 Å². The fourth-order valence-electron chi connectivity index (χ4n) is 2.36. The molecule has 0 radical (unpaired) electrons. The van der Waals surface area contributed by atoms with E-state index in [-0.39, 0.29) is 37.0 Å². The number of ether oxygens (including phenoxy) is 1. The smallest absolute Gasteiger partial charge is 0.306 e. The Balaban J connectivity index is 1.68. The zero-order valence-electron chi connectivity index (χ0n) is 12.5. The fourth-order valence-corrected chi connectivity index (χ4v) is 4.42. The molecular weight excluding hydrogens is 342 g/mol. The van der Waals surface area contributed by atoms with Gasteiger partial charge in [-0.25, -0.2) is 8.42 Å². The first-order chi connectivity index (χ1) is 10.9. The van der Waals surface area contributed by atoms with Gasteiger partial charge in [-0.05, 0) is 24.0 Å². The van der Waals surface area contributed by atoms with Crippen LogP contribution in [0.15, 0.2) is 24.3 Å². The van der Waals surface area contributed by atoms with Gasteiger partial charge >= 0.3 is 5.97 Å². The van der Waals surface area contributed by atoms with Gasteiger partial charge in [-0.15, -0.1) is 0 Å². The Morgan fingerprint density at radius 1 is 1.30 bits per heavy atom. The van der Waals surface area contributed by atoms with E-state index in [1.54, 1.807) is 18.2 Å². The van der Waals surface area contributed by atoms with Crippen molar-refractivity contribution in [2.24, 2.45) is 5.92 Å². The first kappa shape index (κ1) is 17.7. The lowest BCUT2D eigenvalue weighted by atomic mass is 10.1. The SMILES string of the molecule is O=C(COC(=O)C[C@@H]1CCS(=O)(=O)C1)NCc1ccccc1Cl.